The Balaban J connectivity index is 1.89. The Labute approximate surface area is 172 Å². The van der Waals surface area contributed by atoms with Gasteiger partial charge in [-0.3, -0.25) is 0 Å². The summed E-state index contributed by atoms with van der Waals surface area (Å²) in [5.74, 6) is 1.47. The van der Waals surface area contributed by atoms with Crippen LogP contribution in [0.5, 0.6) is 5.75 Å². The lowest BCUT2D eigenvalue weighted by atomic mass is 10.2. The van der Waals surface area contributed by atoms with E-state index in [0.29, 0.717) is 38.9 Å². The Kier molecular flexibility index (Phi) is 6.31. The first-order valence-corrected chi connectivity index (χ1v) is 9.51. The molecule has 1 aromatic heterocycles. The topological polar surface area (TPSA) is 55.2 Å². The standard InChI is InChI=1S/C19H18Cl2N4OS/c1-12(2)11-26-17-15(20)8-13(9-16(17)21)10-22-25-18(23-24-19(25)27)14-6-4-3-5-7-14/h3-10,12H,11H2,1-2H3,(H,24,27)/b22-10-. The summed E-state index contributed by atoms with van der Waals surface area (Å²) in [7, 11) is 0. The molecule has 0 amide bonds. The molecule has 0 radical (unpaired) electrons. The first-order chi connectivity index (χ1) is 13.0. The lowest BCUT2D eigenvalue weighted by Crippen LogP contribution is -2.05. The Bertz CT molecular complexity index is 989. The fourth-order valence-corrected chi connectivity index (χ4v) is 3.13. The normalized spacial score (nSPS) is 11.4. The van der Waals surface area contributed by atoms with Crippen molar-refractivity contribution in [1.82, 2.24) is 14.9 Å². The van der Waals surface area contributed by atoms with Gasteiger partial charge in [0.15, 0.2) is 11.6 Å². The molecule has 27 heavy (non-hydrogen) atoms. The van der Waals surface area contributed by atoms with Crippen molar-refractivity contribution in [2.75, 3.05) is 6.61 Å². The number of nitrogens with one attached hydrogen (secondary N) is 1. The zero-order valence-corrected chi connectivity index (χ0v) is 17.1. The van der Waals surface area contributed by atoms with Crippen LogP contribution in [0.4, 0.5) is 0 Å². The van der Waals surface area contributed by atoms with Crippen LogP contribution in [-0.2, 0) is 0 Å². The molecule has 0 atom stereocenters. The highest BCUT2D eigenvalue weighted by molar-refractivity contribution is 7.71. The minimum atomic E-state index is 0.373. The Hall–Kier alpha value is -2.15. The fourth-order valence-electron chi connectivity index (χ4n) is 2.34. The molecule has 3 aromatic rings. The predicted molar refractivity (Wildman–Crippen MR) is 113 cm³/mol. The molecule has 1 N–H and O–H groups in total. The van der Waals surface area contributed by atoms with Gasteiger partial charge in [0.1, 0.15) is 0 Å². The molecule has 5 nitrogen and oxygen atoms in total. The number of hydrogen-bond acceptors (Lipinski definition) is 4. The van der Waals surface area contributed by atoms with Crippen molar-refractivity contribution in [3.63, 3.8) is 0 Å². The second kappa shape index (κ2) is 8.69. The number of benzene rings is 2. The van der Waals surface area contributed by atoms with Crippen molar-refractivity contribution in [2.45, 2.75) is 13.8 Å². The third kappa shape index (κ3) is 4.77. The van der Waals surface area contributed by atoms with Crippen molar-refractivity contribution in [2.24, 2.45) is 11.0 Å². The van der Waals surface area contributed by atoms with Gasteiger partial charge in [-0.15, -0.1) is 0 Å². The summed E-state index contributed by atoms with van der Waals surface area (Å²) >= 11 is 17.9. The SMILES string of the molecule is CC(C)COc1c(Cl)cc(/C=N\n2c(-c3ccccc3)n[nH]c2=S)cc1Cl. The van der Waals surface area contributed by atoms with Gasteiger partial charge in [0.25, 0.3) is 0 Å². The van der Waals surface area contributed by atoms with Gasteiger partial charge < -0.3 is 4.74 Å². The highest BCUT2D eigenvalue weighted by Gasteiger charge is 2.11. The van der Waals surface area contributed by atoms with Gasteiger partial charge in [0, 0.05) is 5.56 Å². The van der Waals surface area contributed by atoms with Crippen LogP contribution < -0.4 is 4.74 Å². The Morgan fingerprint density at radius 3 is 2.52 bits per heavy atom. The highest BCUT2D eigenvalue weighted by atomic mass is 35.5. The number of hydrogen-bond donors (Lipinski definition) is 1. The average molecular weight is 421 g/mol. The van der Waals surface area contributed by atoms with Crippen LogP contribution in [0.1, 0.15) is 19.4 Å². The molecule has 0 unspecified atom stereocenters. The molecule has 3 rings (SSSR count). The smallest absolute Gasteiger partial charge is 0.216 e. The van der Waals surface area contributed by atoms with Gasteiger partial charge in [-0.05, 0) is 35.8 Å². The largest absolute Gasteiger partial charge is 0.490 e. The summed E-state index contributed by atoms with van der Waals surface area (Å²) in [6, 6.07) is 13.2. The molecular weight excluding hydrogens is 403 g/mol. The summed E-state index contributed by atoms with van der Waals surface area (Å²) < 4.78 is 7.62. The summed E-state index contributed by atoms with van der Waals surface area (Å²) in [6.07, 6.45) is 1.63. The molecule has 0 aliphatic heterocycles. The maximum atomic E-state index is 6.32. The van der Waals surface area contributed by atoms with Crippen LogP contribution in [-0.4, -0.2) is 27.7 Å². The number of rotatable bonds is 6. The van der Waals surface area contributed by atoms with E-state index in [2.05, 4.69) is 29.1 Å². The minimum Gasteiger partial charge on any atom is -0.490 e. The maximum absolute atomic E-state index is 6.32. The third-order valence-corrected chi connectivity index (χ3v) is 4.41. The molecular formula is C19H18Cl2N4OS. The molecule has 0 fully saturated rings. The van der Waals surface area contributed by atoms with E-state index < -0.39 is 0 Å². The van der Waals surface area contributed by atoms with Crippen molar-refractivity contribution in [3.8, 4) is 17.1 Å². The molecule has 1 heterocycles. The van der Waals surface area contributed by atoms with Gasteiger partial charge >= 0.3 is 0 Å². The summed E-state index contributed by atoms with van der Waals surface area (Å²) in [5.41, 5.74) is 1.62. The van der Waals surface area contributed by atoms with Crippen LogP contribution in [0.2, 0.25) is 10.0 Å². The lowest BCUT2D eigenvalue weighted by Gasteiger charge is -2.12. The van der Waals surface area contributed by atoms with Gasteiger partial charge in [0.2, 0.25) is 4.77 Å². The maximum Gasteiger partial charge on any atom is 0.216 e. The zero-order chi connectivity index (χ0) is 19.4. The van der Waals surface area contributed by atoms with Crippen molar-refractivity contribution in [3.05, 3.63) is 62.8 Å². The minimum absolute atomic E-state index is 0.373. The number of aromatic amines is 1. The lowest BCUT2D eigenvalue weighted by molar-refractivity contribution is 0.271. The Morgan fingerprint density at radius 2 is 1.89 bits per heavy atom. The molecule has 0 saturated carbocycles. The Morgan fingerprint density at radius 1 is 1.22 bits per heavy atom. The molecule has 8 heteroatoms. The van der Waals surface area contributed by atoms with E-state index in [-0.39, 0.29) is 0 Å². The van der Waals surface area contributed by atoms with E-state index in [0.717, 1.165) is 11.1 Å². The van der Waals surface area contributed by atoms with Crippen LogP contribution in [0, 0.1) is 10.7 Å². The van der Waals surface area contributed by atoms with Gasteiger partial charge in [-0.1, -0.05) is 67.4 Å². The highest BCUT2D eigenvalue weighted by Crippen LogP contribution is 2.34. The van der Waals surface area contributed by atoms with Gasteiger partial charge in [-0.25, -0.2) is 5.10 Å². The summed E-state index contributed by atoms with van der Waals surface area (Å²) in [6.45, 7) is 4.65. The molecule has 0 aliphatic carbocycles. The number of ether oxygens (including phenoxy) is 1. The quantitative estimate of drug-likeness (QED) is 0.402. The third-order valence-electron chi connectivity index (χ3n) is 3.59. The van der Waals surface area contributed by atoms with Crippen LogP contribution >= 0.6 is 35.4 Å². The average Bonchev–Trinajstić information content (AvgIpc) is 3.00. The number of nitrogens with zero attached hydrogens (tertiary/aromatic N) is 3. The van der Waals surface area contributed by atoms with E-state index in [1.54, 1.807) is 23.0 Å². The van der Waals surface area contributed by atoms with E-state index in [1.807, 2.05) is 30.3 Å². The molecule has 140 valence electrons. The van der Waals surface area contributed by atoms with Crippen molar-refractivity contribution < 1.29 is 4.74 Å². The fraction of sp³-hybridized carbons (Fsp3) is 0.211. The first kappa shape index (κ1) is 19.6. The summed E-state index contributed by atoms with van der Waals surface area (Å²) in [4.78, 5) is 0. The zero-order valence-electron chi connectivity index (χ0n) is 14.8. The monoisotopic (exact) mass is 420 g/mol. The van der Waals surface area contributed by atoms with Crippen LogP contribution in [0.25, 0.3) is 11.4 Å². The van der Waals surface area contributed by atoms with Crippen LogP contribution in [0.15, 0.2) is 47.6 Å². The number of halogens is 2. The van der Waals surface area contributed by atoms with Gasteiger partial charge in [0.05, 0.1) is 22.9 Å². The predicted octanol–water partition coefficient (Wildman–Crippen LogP) is 5.83. The molecule has 0 aliphatic rings. The molecule has 0 saturated heterocycles. The number of aromatic nitrogens is 3. The molecule has 0 spiro atoms. The van der Waals surface area contributed by atoms with E-state index in [9.17, 15) is 0 Å². The first-order valence-electron chi connectivity index (χ1n) is 8.34. The van der Waals surface area contributed by atoms with Crippen LogP contribution in [0.3, 0.4) is 0 Å². The van der Waals surface area contributed by atoms with Crippen molar-refractivity contribution >= 4 is 41.6 Å². The number of H-pyrrole nitrogens is 1. The van der Waals surface area contributed by atoms with E-state index >= 15 is 0 Å². The van der Waals surface area contributed by atoms with E-state index in [1.165, 1.54) is 0 Å². The van der Waals surface area contributed by atoms with Gasteiger partial charge in [-0.2, -0.15) is 14.9 Å². The second-order valence-corrected chi connectivity index (χ2v) is 7.49. The molecule has 2 aromatic carbocycles. The van der Waals surface area contributed by atoms with E-state index in [4.69, 9.17) is 40.2 Å². The van der Waals surface area contributed by atoms with Crippen molar-refractivity contribution in [1.29, 1.82) is 0 Å². The summed E-state index contributed by atoms with van der Waals surface area (Å²) in [5, 5.41) is 12.3. The molecule has 0 bridgehead atoms. The second-order valence-electron chi connectivity index (χ2n) is 6.29.